The van der Waals surface area contributed by atoms with Gasteiger partial charge in [-0.05, 0) is 54.1 Å². The van der Waals surface area contributed by atoms with Gasteiger partial charge in [-0.3, -0.25) is 4.79 Å². The van der Waals surface area contributed by atoms with Gasteiger partial charge in [-0.2, -0.15) is 9.78 Å². The maximum absolute atomic E-state index is 13.6. The minimum atomic E-state index is -0.597. The predicted molar refractivity (Wildman–Crippen MR) is 133 cm³/mol. The highest BCUT2D eigenvalue weighted by molar-refractivity contribution is 6.06. The number of ether oxygens (including phenoxy) is 1. The van der Waals surface area contributed by atoms with Gasteiger partial charge < -0.3 is 9.30 Å². The first kappa shape index (κ1) is 22.5. The number of nitrogens with zero attached hydrogens (tertiary/aromatic N) is 3. The maximum Gasteiger partial charge on any atom is 0.337 e. The normalized spacial score (nSPS) is 11.8. The van der Waals surface area contributed by atoms with Crippen LogP contribution in [0.25, 0.3) is 38.6 Å². The van der Waals surface area contributed by atoms with Gasteiger partial charge in [-0.25, -0.2) is 9.18 Å². The number of aromatic nitrogens is 3. The van der Waals surface area contributed by atoms with Crippen molar-refractivity contribution in [3.8, 4) is 16.8 Å². The molecule has 0 fully saturated rings. The molecular formula is C28H24FN3O3. The fraction of sp³-hybridized carbons (Fsp3) is 0.179. The van der Waals surface area contributed by atoms with E-state index in [9.17, 15) is 14.0 Å². The maximum atomic E-state index is 13.6. The van der Waals surface area contributed by atoms with Crippen LogP contribution >= 0.6 is 0 Å². The van der Waals surface area contributed by atoms with Gasteiger partial charge in [0, 0.05) is 33.6 Å². The van der Waals surface area contributed by atoms with Crippen LogP contribution in [0, 0.1) is 11.2 Å². The van der Waals surface area contributed by atoms with Crippen molar-refractivity contribution in [3.63, 3.8) is 0 Å². The van der Waals surface area contributed by atoms with E-state index in [-0.39, 0.29) is 11.7 Å². The number of fused-ring (bicyclic) bond motifs is 2. The number of carbonyl (C=O) groups is 2. The molecule has 0 aliphatic rings. The van der Waals surface area contributed by atoms with Crippen molar-refractivity contribution >= 4 is 33.7 Å². The van der Waals surface area contributed by atoms with E-state index in [0.717, 1.165) is 33.1 Å². The predicted octanol–water partition coefficient (Wildman–Crippen LogP) is 6.26. The van der Waals surface area contributed by atoms with E-state index < -0.39 is 11.4 Å². The lowest BCUT2D eigenvalue weighted by Crippen LogP contribution is -2.27. The van der Waals surface area contributed by atoms with Gasteiger partial charge in [0.1, 0.15) is 5.82 Å². The Labute approximate surface area is 201 Å². The second-order valence-electron chi connectivity index (χ2n) is 9.50. The van der Waals surface area contributed by atoms with E-state index in [1.165, 1.54) is 23.9 Å². The second kappa shape index (κ2) is 8.20. The van der Waals surface area contributed by atoms with E-state index in [0.29, 0.717) is 11.1 Å². The average Bonchev–Trinajstić information content (AvgIpc) is 3.43. The molecule has 0 amide bonds. The third-order valence-corrected chi connectivity index (χ3v) is 6.05. The van der Waals surface area contributed by atoms with Crippen LogP contribution in [0.15, 0.2) is 73.1 Å². The Balaban J connectivity index is 1.77. The summed E-state index contributed by atoms with van der Waals surface area (Å²) in [6, 6.07) is 17.4. The fourth-order valence-corrected chi connectivity index (χ4v) is 4.17. The molecule has 0 saturated carbocycles. The van der Waals surface area contributed by atoms with Crippen molar-refractivity contribution in [2.45, 2.75) is 20.8 Å². The molecule has 0 atom stereocenters. The summed E-state index contributed by atoms with van der Waals surface area (Å²) in [5, 5.41) is 6.10. The lowest BCUT2D eigenvalue weighted by Gasteiger charge is -2.16. The third-order valence-electron chi connectivity index (χ3n) is 6.05. The second-order valence-corrected chi connectivity index (χ2v) is 9.50. The van der Waals surface area contributed by atoms with Crippen molar-refractivity contribution in [1.29, 1.82) is 0 Å². The standard InChI is InChI=1S/C28H24FN3O3/c1-28(2,3)27(34)32-24-14-22-23(17-5-7-18(8-6-17)26(33)35-4)16-31(21-11-9-20(29)10-12-21)25(22)13-19(24)15-30-32/h5-16H,1-4H3. The van der Waals surface area contributed by atoms with E-state index in [1.54, 1.807) is 30.5 Å². The van der Waals surface area contributed by atoms with E-state index in [4.69, 9.17) is 4.74 Å². The zero-order valence-corrected chi connectivity index (χ0v) is 19.9. The van der Waals surface area contributed by atoms with Crippen LogP contribution in [-0.2, 0) is 4.74 Å². The molecule has 7 heteroatoms. The van der Waals surface area contributed by atoms with Crippen molar-refractivity contribution in [2.24, 2.45) is 5.41 Å². The minimum Gasteiger partial charge on any atom is -0.465 e. The highest BCUT2D eigenvalue weighted by Crippen LogP contribution is 2.36. The molecule has 0 aliphatic carbocycles. The molecule has 0 saturated heterocycles. The van der Waals surface area contributed by atoms with Crippen molar-refractivity contribution in [2.75, 3.05) is 7.11 Å². The highest BCUT2D eigenvalue weighted by Gasteiger charge is 2.26. The van der Waals surface area contributed by atoms with E-state index >= 15 is 0 Å². The Kier molecular flexibility index (Phi) is 5.28. The third kappa shape index (κ3) is 3.89. The van der Waals surface area contributed by atoms with E-state index in [2.05, 4.69) is 5.10 Å². The summed E-state index contributed by atoms with van der Waals surface area (Å²) in [5.74, 6) is -0.821. The molecule has 5 rings (SSSR count). The molecule has 6 nitrogen and oxygen atoms in total. The monoisotopic (exact) mass is 469 g/mol. The van der Waals surface area contributed by atoms with Crippen LogP contribution in [0.5, 0.6) is 0 Å². The summed E-state index contributed by atoms with van der Waals surface area (Å²) >= 11 is 0. The zero-order chi connectivity index (χ0) is 24.9. The first-order chi connectivity index (χ1) is 16.7. The molecule has 176 valence electrons. The Morgan fingerprint density at radius 3 is 2.26 bits per heavy atom. The number of benzene rings is 3. The summed E-state index contributed by atoms with van der Waals surface area (Å²) in [6.07, 6.45) is 3.67. The summed E-state index contributed by atoms with van der Waals surface area (Å²) < 4.78 is 21.9. The van der Waals surface area contributed by atoms with Gasteiger partial charge >= 0.3 is 5.97 Å². The first-order valence-corrected chi connectivity index (χ1v) is 11.2. The lowest BCUT2D eigenvalue weighted by atomic mass is 9.95. The number of esters is 1. The molecule has 0 spiro atoms. The number of methoxy groups -OCH3 is 1. The Morgan fingerprint density at radius 1 is 0.943 bits per heavy atom. The molecule has 0 bridgehead atoms. The molecule has 2 aromatic heterocycles. The topological polar surface area (TPSA) is 66.1 Å². The van der Waals surface area contributed by atoms with Crippen LogP contribution in [0.1, 0.15) is 35.9 Å². The number of halogens is 1. The van der Waals surface area contributed by atoms with Gasteiger partial charge in [-0.1, -0.05) is 32.9 Å². The summed E-state index contributed by atoms with van der Waals surface area (Å²) in [7, 11) is 1.35. The Morgan fingerprint density at radius 2 is 1.63 bits per heavy atom. The van der Waals surface area contributed by atoms with E-state index in [1.807, 2.05) is 55.8 Å². The molecule has 0 aliphatic heterocycles. The molecule has 0 unspecified atom stereocenters. The molecule has 0 radical (unpaired) electrons. The Bertz CT molecular complexity index is 1590. The molecule has 2 heterocycles. The summed E-state index contributed by atoms with van der Waals surface area (Å²) in [4.78, 5) is 24.9. The van der Waals surface area contributed by atoms with Crippen molar-refractivity contribution in [3.05, 3.63) is 84.4 Å². The molecule has 5 aromatic rings. The van der Waals surface area contributed by atoms with Crippen LogP contribution in [0.3, 0.4) is 0 Å². The fourth-order valence-electron chi connectivity index (χ4n) is 4.17. The first-order valence-electron chi connectivity index (χ1n) is 11.2. The van der Waals surface area contributed by atoms with Crippen molar-refractivity contribution < 1.29 is 18.7 Å². The van der Waals surface area contributed by atoms with Gasteiger partial charge in [0.15, 0.2) is 0 Å². The molecule has 0 N–H and O–H groups in total. The summed E-state index contributed by atoms with van der Waals surface area (Å²) in [5.41, 5.74) is 4.04. The van der Waals surface area contributed by atoms with Crippen LogP contribution in [0.2, 0.25) is 0 Å². The quantitative estimate of drug-likeness (QED) is 0.293. The number of carbonyl (C=O) groups excluding carboxylic acids is 2. The van der Waals surface area contributed by atoms with Gasteiger partial charge in [0.05, 0.1) is 29.9 Å². The SMILES string of the molecule is COC(=O)c1ccc(-c2cn(-c3ccc(F)cc3)c3cc4cnn(C(=O)C(C)(C)C)c4cc23)cc1. The average molecular weight is 470 g/mol. The molecular weight excluding hydrogens is 445 g/mol. The van der Waals surface area contributed by atoms with Crippen LogP contribution < -0.4 is 0 Å². The largest absolute Gasteiger partial charge is 0.465 e. The smallest absolute Gasteiger partial charge is 0.337 e. The number of hydrogen-bond acceptors (Lipinski definition) is 4. The van der Waals surface area contributed by atoms with Gasteiger partial charge in [-0.15, -0.1) is 0 Å². The molecule has 3 aromatic carbocycles. The summed E-state index contributed by atoms with van der Waals surface area (Å²) in [6.45, 7) is 5.59. The highest BCUT2D eigenvalue weighted by atomic mass is 19.1. The number of hydrogen-bond donors (Lipinski definition) is 0. The van der Waals surface area contributed by atoms with Crippen LogP contribution in [-0.4, -0.2) is 33.3 Å². The van der Waals surface area contributed by atoms with Gasteiger partial charge in [0.25, 0.3) is 5.91 Å². The minimum absolute atomic E-state index is 0.103. The Hall–Kier alpha value is -4.26. The van der Waals surface area contributed by atoms with Crippen molar-refractivity contribution in [1.82, 2.24) is 14.3 Å². The number of rotatable bonds is 3. The van der Waals surface area contributed by atoms with Gasteiger partial charge in [0.2, 0.25) is 0 Å². The lowest BCUT2D eigenvalue weighted by molar-refractivity contribution is 0.0600. The van der Waals surface area contributed by atoms with Crippen LogP contribution in [0.4, 0.5) is 4.39 Å². The zero-order valence-electron chi connectivity index (χ0n) is 19.9. The molecule has 35 heavy (non-hydrogen) atoms.